The maximum atomic E-state index is 13.9. The van der Waals surface area contributed by atoms with E-state index in [9.17, 15) is 26.4 Å². The molecule has 0 unspecified atom stereocenters. The molecular weight excluding hydrogens is 393 g/mol. The van der Waals surface area contributed by atoms with Gasteiger partial charge in [0.25, 0.3) is 0 Å². The van der Waals surface area contributed by atoms with Crippen LogP contribution in [0, 0.1) is 17.5 Å². The number of rotatable bonds is 8. The van der Waals surface area contributed by atoms with E-state index >= 15 is 0 Å². The molecule has 150 valence electrons. The molecule has 0 spiro atoms. The molecular formula is C19H19F3N2O3S. The molecule has 1 fully saturated rings. The van der Waals surface area contributed by atoms with E-state index in [4.69, 9.17) is 0 Å². The first-order chi connectivity index (χ1) is 13.3. The molecule has 3 rings (SSSR count). The van der Waals surface area contributed by atoms with Gasteiger partial charge in [-0.25, -0.2) is 26.3 Å². The quantitative estimate of drug-likeness (QED) is 0.725. The van der Waals surface area contributed by atoms with Crippen molar-refractivity contribution in [3.8, 4) is 0 Å². The summed E-state index contributed by atoms with van der Waals surface area (Å²) in [4.78, 5) is 13.6. The van der Waals surface area contributed by atoms with Crippen LogP contribution in [0.3, 0.4) is 0 Å². The lowest BCUT2D eigenvalue weighted by molar-refractivity contribution is -0.132. The summed E-state index contributed by atoms with van der Waals surface area (Å²) in [6.45, 7) is -0.0905. The third kappa shape index (κ3) is 4.90. The van der Waals surface area contributed by atoms with E-state index in [1.54, 1.807) is 23.1 Å². The highest BCUT2D eigenvalue weighted by Crippen LogP contribution is 2.29. The van der Waals surface area contributed by atoms with E-state index in [2.05, 4.69) is 4.72 Å². The van der Waals surface area contributed by atoms with Crippen molar-refractivity contribution in [2.45, 2.75) is 36.7 Å². The summed E-state index contributed by atoms with van der Waals surface area (Å²) in [5, 5.41) is 0. The minimum absolute atomic E-state index is 0.0231. The highest BCUT2D eigenvalue weighted by Gasteiger charge is 2.32. The van der Waals surface area contributed by atoms with Crippen LogP contribution in [-0.4, -0.2) is 31.8 Å². The van der Waals surface area contributed by atoms with Crippen LogP contribution in [0.15, 0.2) is 47.4 Å². The highest BCUT2D eigenvalue weighted by molar-refractivity contribution is 7.89. The SMILES string of the molecule is O=C(CCNS(=O)(=O)c1ccc(F)c(F)c1)N(Cc1ccccc1F)C1CC1. The number of amides is 1. The Kier molecular flexibility index (Phi) is 6.04. The van der Waals surface area contributed by atoms with E-state index < -0.39 is 32.4 Å². The van der Waals surface area contributed by atoms with E-state index in [1.807, 2.05) is 0 Å². The van der Waals surface area contributed by atoms with Crippen molar-refractivity contribution < 1.29 is 26.4 Å². The van der Waals surface area contributed by atoms with Gasteiger partial charge in [-0.3, -0.25) is 4.79 Å². The Morgan fingerprint density at radius 3 is 2.39 bits per heavy atom. The zero-order chi connectivity index (χ0) is 20.3. The zero-order valence-corrected chi connectivity index (χ0v) is 15.7. The van der Waals surface area contributed by atoms with E-state index in [-0.39, 0.29) is 31.5 Å². The van der Waals surface area contributed by atoms with Gasteiger partial charge in [0, 0.05) is 31.1 Å². The van der Waals surface area contributed by atoms with Crippen molar-refractivity contribution in [1.82, 2.24) is 9.62 Å². The number of nitrogens with one attached hydrogen (secondary N) is 1. The number of nitrogens with zero attached hydrogens (tertiary/aromatic N) is 1. The van der Waals surface area contributed by atoms with Crippen LogP contribution in [0.4, 0.5) is 13.2 Å². The van der Waals surface area contributed by atoms with Gasteiger partial charge in [0.05, 0.1) is 4.90 Å². The maximum Gasteiger partial charge on any atom is 0.240 e. The summed E-state index contributed by atoms with van der Waals surface area (Å²) >= 11 is 0. The zero-order valence-electron chi connectivity index (χ0n) is 14.9. The standard InChI is InChI=1S/C19H19F3N2O3S/c20-16-4-2-1-3-13(16)12-24(14-5-6-14)19(25)9-10-23-28(26,27)15-7-8-17(21)18(22)11-15/h1-4,7-8,11,14,23H,5-6,9-10,12H2. The molecule has 1 amide bonds. The van der Waals surface area contributed by atoms with Crippen molar-refractivity contribution in [2.24, 2.45) is 0 Å². The summed E-state index contributed by atoms with van der Waals surface area (Å²) in [5.41, 5.74) is 0.394. The first kappa shape index (κ1) is 20.3. The third-order valence-corrected chi connectivity index (χ3v) is 5.90. The maximum absolute atomic E-state index is 13.9. The monoisotopic (exact) mass is 412 g/mol. The molecule has 2 aromatic carbocycles. The minimum atomic E-state index is -4.08. The molecule has 1 aliphatic carbocycles. The Labute approximate surface area is 161 Å². The molecule has 0 atom stereocenters. The van der Waals surface area contributed by atoms with Gasteiger partial charge < -0.3 is 4.90 Å². The number of halogens is 3. The predicted octanol–water partition coefficient (Wildman–Crippen LogP) is 2.96. The number of carbonyl (C=O) groups is 1. The van der Waals surface area contributed by atoms with Crippen LogP contribution in [0.5, 0.6) is 0 Å². The summed E-state index contributed by atoms with van der Waals surface area (Å²) in [6, 6.07) is 8.43. The molecule has 9 heteroatoms. The summed E-state index contributed by atoms with van der Waals surface area (Å²) in [7, 11) is -4.08. The molecule has 0 radical (unpaired) electrons. The van der Waals surface area contributed by atoms with Crippen molar-refractivity contribution in [3.63, 3.8) is 0 Å². The molecule has 1 saturated carbocycles. The Balaban J connectivity index is 1.60. The minimum Gasteiger partial charge on any atom is -0.335 e. The summed E-state index contributed by atoms with van der Waals surface area (Å²) < 4.78 is 66.6. The van der Waals surface area contributed by atoms with Gasteiger partial charge in [-0.05, 0) is 37.1 Å². The molecule has 1 N–H and O–H groups in total. The van der Waals surface area contributed by atoms with E-state index in [1.165, 1.54) is 6.07 Å². The van der Waals surface area contributed by atoms with Crippen LogP contribution in [-0.2, 0) is 21.4 Å². The number of hydrogen-bond donors (Lipinski definition) is 1. The van der Waals surface area contributed by atoms with Gasteiger partial charge in [-0.1, -0.05) is 18.2 Å². The van der Waals surface area contributed by atoms with Gasteiger partial charge in [-0.2, -0.15) is 0 Å². The van der Waals surface area contributed by atoms with Gasteiger partial charge in [0.2, 0.25) is 15.9 Å². The lowest BCUT2D eigenvalue weighted by Crippen LogP contribution is -2.36. The van der Waals surface area contributed by atoms with Crippen molar-refractivity contribution >= 4 is 15.9 Å². The molecule has 0 aliphatic heterocycles. The Morgan fingerprint density at radius 2 is 1.75 bits per heavy atom. The summed E-state index contributed by atoms with van der Waals surface area (Å²) in [5.74, 6) is -3.13. The topological polar surface area (TPSA) is 66.5 Å². The van der Waals surface area contributed by atoms with Gasteiger partial charge in [0.1, 0.15) is 5.82 Å². The van der Waals surface area contributed by atoms with Crippen LogP contribution in [0.1, 0.15) is 24.8 Å². The number of hydrogen-bond acceptors (Lipinski definition) is 3. The first-order valence-electron chi connectivity index (χ1n) is 8.75. The van der Waals surface area contributed by atoms with E-state index in [0.717, 1.165) is 25.0 Å². The number of sulfonamides is 1. The van der Waals surface area contributed by atoms with Crippen molar-refractivity contribution in [1.29, 1.82) is 0 Å². The van der Waals surface area contributed by atoms with E-state index in [0.29, 0.717) is 11.6 Å². The predicted molar refractivity (Wildman–Crippen MR) is 96.1 cm³/mol. The Bertz CT molecular complexity index is 978. The van der Waals surface area contributed by atoms with Gasteiger partial charge in [-0.15, -0.1) is 0 Å². The fraction of sp³-hybridized carbons (Fsp3) is 0.316. The molecule has 0 heterocycles. The average Bonchev–Trinajstić information content (AvgIpc) is 3.48. The van der Waals surface area contributed by atoms with Crippen LogP contribution in [0.2, 0.25) is 0 Å². The third-order valence-electron chi connectivity index (χ3n) is 4.44. The smallest absolute Gasteiger partial charge is 0.240 e. The highest BCUT2D eigenvalue weighted by atomic mass is 32.2. The first-order valence-corrected chi connectivity index (χ1v) is 10.2. The molecule has 5 nitrogen and oxygen atoms in total. The number of carbonyl (C=O) groups excluding carboxylic acids is 1. The molecule has 0 aromatic heterocycles. The Hall–Kier alpha value is -2.39. The Morgan fingerprint density at radius 1 is 1.04 bits per heavy atom. The van der Waals surface area contributed by atoms with Gasteiger partial charge >= 0.3 is 0 Å². The molecule has 2 aromatic rings. The average molecular weight is 412 g/mol. The molecule has 28 heavy (non-hydrogen) atoms. The second-order valence-electron chi connectivity index (χ2n) is 6.57. The molecule has 0 saturated heterocycles. The lowest BCUT2D eigenvalue weighted by atomic mass is 10.2. The van der Waals surface area contributed by atoms with Crippen molar-refractivity contribution in [2.75, 3.05) is 6.54 Å². The van der Waals surface area contributed by atoms with Crippen molar-refractivity contribution in [3.05, 3.63) is 65.5 Å². The number of benzene rings is 2. The lowest BCUT2D eigenvalue weighted by Gasteiger charge is -2.23. The normalized spacial score (nSPS) is 14.1. The second kappa shape index (κ2) is 8.32. The second-order valence-corrected chi connectivity index (χ2v) is 8.33. The fourth-order valence-corrected chi connectivity index (χ4v) is 3.82. The fourth-order valence-electron chi connectivity index (χ4n) is 2.78. The molecule has 0 bridgehead atoms. The van der Waals surface area contributed by atoms with Crippen LogP contribution < -0.4 is 4.72 Å². The summed E-state index contributed by atoms with van der Waals surface area (Å²) in [6.07, 6.45) is 1.51. The molecule has 1 aliphatic rings. The van der Waals surface area contributed by atoms with Crippen LogP contribution in [0.25, 0.3) is 0 Å². The van der Waals surface area contributed by atoms with Crippen LogP contribution >= 0.6 is 0 Å². The van der Waals surface area contributed by atoms with Gasteiger partial charge in [0.15, 0.2) is 11.6 Å². The largest absolute Gasteiger partial charge is 0.335 e.